The highest BCUT2D eigenvalue weighted by Gasteiger charge is 2.38. The topological polar surface area (TPSA) is 88.9 Å². The van der Waals surface area contributed by atoms with Crippen LogP contribution in [0.1, 0.15) is 5.56 Å². The molecule has 0 saturated carbocycles. The Hall–Kier alpha value is -2.45. The number of halogens is 3. The van der Waals surface area contributed by atoms with Crippen LogP contribution < -0.4 is 5.56 Å². The van der Waals surface area contributed by atoms with Crippen LogP contribution in [0.5, 0.6) is 0 Å². The molecule has 2 aromatic rings. The van der Waals surface area contributed by atoms with Gasteiger partial charge in [0.15, 0.2) is 0 Å². The molecule has 0 spiro atoms. The van der Waals surface area contributed by atoms with Crippen molar-refractivity contribution in [2.24, 2.45) is 0 Å². The summed E-state index contributed by atoms with van der Waals surface area (Å²) in [4.78, 5) is 26.0. The van der Waals surface area contributed by atoms with Crippen LogP contribution in [0.15, 0.2) is 23.1 Å². The molecule has 0 radical (unpaired) electrons. The number of benzene rings is 1. The van der Waals surface area contributed by atoms with Crippen LogP contribution in [0.25, 0.3) is 11.0 Å². The fourth-order valence-corrected chi connectivity index (χ4v) is 1.46. The van der Waals surface area contributed by atoms with Crippen molar-refractivity contribution in [1.82, 2.24) is 9.97 Å². The summed E-state index contributed by atoms with van der Waals surface area (Å²) >= 11 is 0. The lowest BCUT2D eigenvalue weighted by molar-refractivity contribution is -0.387. The SMILES string of the molecule is O=c1cnc2cc([N+](=O)[O-])c(C(F)(F)F)cc2[nH]1. The number of hydrogen-bond acceptors (Lipinski definition) is 4. The van der Waals surface area contributed by atoms with E-state index in [9.17, 15) is 28.1 Å². The number of aromatic amines is 1. The number of nitrogens with one attached hydrogen (secondary N) is 1. The molecule has 6 nitrogen and oxygen atoms in total. The Balaban J connectivity index is 2.85. The lowest BCUT2D eigenvalue weighted by Crippen LogP contribution is -2.11. The van der Waals surface area contributed by atoms with Crippen molar-refractivity contribution in [1.29, 1.82) is 0 Å². The Morgan fingerprint density at radius 3 is 2.56 bits per heavy atom. The van der Waals surface area contributed by atoms with Gasteiger partial charge in [-0.05, 0) is 6.07 Å². The third kappa shape index (κ3) is 2.01. The number of rotatable bonds is 1. The van der Waals surface area contributed by atoms with E-state index < -0.39 is 27.9 Å². The van der Waals surface area contributed by atoms with Crippen molar-refractivity contribution in [2.45, 2.75) is 6.18 Å². The second kappa shape index (κ2) is 3.79. The second-order valence-corrected chi connectivity index (χ2v) is 3.39. The third-order valence-electron chi connectivity index (χ3n) is 2.19. The summed E-state index contributed by atoms with van der Waals surface area (Å²) in [6.07, 6.45) is -4.05. The molecule has 0 amide bonds. The lowest BCUT2D eigenvalue weighted by Gasteiger charge is -2.08. The third-order valence-corrected chi connectivity index (χ3v) is 2.19. The predicted molar refractivity (Wildman–Crippen MR) is 54.0 cm³/mol. The molecule has 1 heterocycles. The highest BCUT2D eigenvalue weighted by Crippen LogP contribution is 2.37. The summed E-state index contributed by atoms with van der Waals surface area (Å²) < 4.78 is 37.9. The molecule has 18 heavy (non-hydrogen) atoms. The van der Waals surface area contributed by atoms with Gasteiger partial charge in [0.1, 0.15) is 5.56 Å². The van der Waals surface area contributed by atoms with Gasteiger partial charge >= 0.3 is 6.18 Å². The minimum Gasteiger partial charge on any atom is -0.319 e. The molecule has 0 fully saturated rings. The first kappa shape index (κ1) is 12.0. The number of alkyl halides is 3. The Morgan fingerprint density at radius 1 is 1.33 bits per heavy atom. The quantitative estimate of drug-likeness (QED) is 0.625. The molecule has 0 saturated heterocycles. The van der Waals surface area contributed by atoms with Crippen LogP contribution in [-0.2, 0) is 6.18 Å². The summed E-state index contributed by atoms with van der Waals surface area (Å²) in [5.74, 6) is 0. The number of H-pyrrole nitrogens is 1. The van der Waals surface area contributed by atoms with Gasteiger partial charge in [-0.15, -0.1) is 0 Å². The van der Waals surface area contributed by atoms with Gasteiger partial charge in [-0.1, -0.05) is 0 Å². The lowest BCUT2D eigenvalue weighted by atomic mass is 10.1. The second-order valence-electron chi connectivity index (χ2n) is 3.39. The van der Waals surface area contributed by atoms with Gasteiger partial charge in [0.25, 0.3) is 11.2 Å². The van der Waals surface area contributed by atoms with Gasteiger partial charge in [-0.3, -0.25) is 14.9 Å². The summed E-state index contributed by atoms with van der Waals surface area (Å²) in [7, 11) is 0. The molecule has 94 valence electrons. The average molecular weight is 259 g/mol. The van der Waals surface area contributed by atoms with Crippen molar-refractivity contribution in [3.05, 3.63) is 44.4 Å². The Morgan fingerprint density at radius 2 is 2.00 bits per heavy atom. The summed E-state index contributed by atoms with van der Waals surface area (Å²) in [6.45, 7) is 0. The van der Waals surface area contributed by atoms with E-state index in [0.29, 0.717) is 12.1 Å². The van der Waals surface area contributed by atoms with Crippen LogP contribution in [-0.4, -0.2) is 14.9 Å². The van der Waals surface area contributed by atoms with Crippen molar-refractivity contribution in [2.75, 3.05) is 0 Å². The molecule has 9 heteroatoms. The van der Waals surface area contributed by atoms with E-state index in [1.165, 1.54) is 0 Å². The van der Waals surface area contributed by atoms with Crippen LogP contribution >= 0.6 is 0 Å². The summed E-state index contributed by atoms with van der Waals surface area (Å²) in [5, 5.41) is 10.6. The van der Waals surface area contributed by atoms with E-state index in [4.69, 9.17) is 0 Å². The summed E-state index contributed by atoms with van der Waals surface area (Å²) in [6, 6.07) is 1.18. The Kier molecular flexibility index (Phi) is 2.53. The predicted octanol–water partition coefficient (Wildman–Crippen LogP) is 1.85. The maximum atomic E-state index is 12.6. The molecule has 0 aliphatic rings. The van der Waals surface area contributed by atoms with Gasteiger partial charge in [0.2, 0.25) is 0 Å². The van der Waals surface area contributed by atoms with E-state index in [0.717, 1.165) is 6.20 Å². The fourth-order valence-electron chi connectivity index (χ4n) is 1.46. The first-order valence-electron chi connectivity index (χ1n) is 4.54. The van der Waals surface area contributed by atoms with E-state index in [2.05, 4.69) is 9.97 Å². The molecule has 0 aliphatic carbocycles. The monoisotopic (exact) mass is 259 g/mol. The van der Waals surface area contributed by atoms with Crippen molar-refractivity contribution < 1.29 is 18.1 Å². The first-order valence-corrected chi connectivity index (χ1v) is 4.54. The molecule has 2 rings (SSSR count). The molecular weight excluding hydrogens is 255 g/mol. The van der Waals surface area contributed by atoms with E-state index >= 15 is 0 Å². The normalized spacial score (nSPS) is 11.7. The molecule has 0 aliphatic heterocycles. The molecule has 0 bridgehead atoms. The number of nitro benzene ring substituents is 1. The molecule has 0 unspecified atom stereocenters. The Labute approximate surface area is 96.2 Å². The smallest absolute Gasteiger partial charge is 0.319 e. The maximum Gasteiger partial charge on any atom is 0.423 e. The number of nitrogens with zero attached hydrogens (tertiary/aromatic N) is 2. The minimum absolute atomic E-state index is 0.0886. The van der Waals surface area contributed by atoms with E-state index in [1.54, 1.807) is 0 Å². The van der Waals surface area contributed by atoms with Crippen molar-refractivity contribution in [3.8, 4) is 0 Å². The first-order chi connectivity index (χ1) is 8.29. The molecule has 1 aromatic carbocycles. The fraction of sp³-hybridized carbons (Fsp3) is 0.111. The number of hydrogen-bond donors (Lipinski definition) is 1. The van der Waals surface area contributed by atoms with Gasteiger partial charge in [0, 0.05) is 6.07 Å². The maximum absolute atomic E-state index is 12.6. The van der Waals surface area contributed by atoms with Crippen molar-refractivity contribution >= 4 is 16.7 Å². The van der Waals surface area contributed by atoms with Gasteiger partial charge < -0.3 is 4.98 Å². The zero-order valence-corrected chi connectivity index (χ0v) is 8.49. The highest BCUT2D eigenvalue weighted by atomic mass is 19.4. The standard InChI is InChI=1S/C9H4F3N3O3/c10-9(11,12)4-1-6-5(2-7(4)15(17)18)13-3-8(16)14-6/h1-3H,(H,14,16). The summed E-state index contributed by atoms with van der Waals surface area (Å²) in [5.41, 5.74) is -3.52. The molecule has 1 aromatic heterocycles. The molecule has 0 atom stereocenters. The van der Waals surface area contributed by atoms with Crippen LogP contribution in [0.2, 0.25) is 0 Å². The van der Waals surface area contributed by atoms with Crippen LogP contribution in [0, 0.1) is 10.1 Å². The van der Waals surface area contributed by atoms with E-state index in [1.807, 2.05) is 0 Å². The largest absolute Gasteiger partial charge is 0.423 e. The number of aromatic nitrogens is 2. The number of nitro groups is 1. The van der Waals surface area contributed by atoms with E-state index in [-0.39, 0.29) is 11.0 Å². The van der Waals surface area contributed by atoms with Crippen LogP contribution in [0.3, 0.4) is 0 Å². The minimum atomic E-state index is -4.89. The van der Waals surface area contributed by atoms with Gasteiger partial charge in [-0.2, -0.15) is 13.2 Å². The van der Waals surface area contributed by atoms with Crippen molar-refractivity contribution in [3.63, 3.8) is 0 Å². The number of fused-ring (bicyclic) bond motifs is 1. The highest BCUT2D eigenvalue weighted by molar-refractivity contribution is 5.78. The molecule has 1 N–H and O–H groups in total. The Bertz CT molecular complexity index is 693. The van der Waals surface area contributed by atoms with Gasteiger partial charge in [0.05, 0.1) is 22.2 Å². The zero-order chi connectivity index (χ0) is 13.5. The zero-order valence-electron chi connectivity index (χ0n) is 8.49. The van der Waals surface area contributed by atoms with Gasteiger partial charge in [-0.25, -0.2) is 4.98 Å². The average Bonchev–Trinajstić information content (AvgIpc) is 2.25. The molecular formula is C9H4F3N3O3. The van der Waals surface area contributed by atoms with Crippen LogP contribution in [0.4, 0.5) is 18.9 Å².